The number of nitrogens with zero attached hydrogens (tertiary/aromatic N) is 4. The van der Waals surface area contributed by atoms with Crippen molar-refractivity contribution in [3.05, 3.63) is 45.4 Å². The number of carbonyl (C=O) groups is 1. The van der Waals surface area contributed by atoms with Gasteiger partial charge in [-0.2, -0.15) is 5.10 Å². The maximum Gasteiger partial charge on any atom is 0.232 e. The van der Waals surface area contributed by atoms with E-state index in [4.69, 9.17) is 11.6 Å². The predicted octanol–water partition coefficient (Wildman–Crippen LogP) is 2.49. The molecule has 0 aliphatic rings. The molecule has 5 nitrogen and oxygen atoms in total. The van der Waals surface area contributed by atoms with E-state index in [0.717, 1.165) is 6.54 Å². The van der Waals surface area contributed by atoms with Gasteiger partial charge in [0.05, 0.1) is 17.8 Å². The topological polar surface area (TPSA) is 51.0 Å². The Morgan fingerprint density at radius 2 is 2.25 bits per heavy atom. The molecule has 106 valence electrons. The fraction of sp³-hybridized carbons (Fsp3) is 0.308. The van der Waals surface area contributed by atoms with Gasteiger partial charge in [0.2, 0.25) is 5.78 Å². The van der Waals surface area contributed by atoms with E-state index in [2.05, 4.69) is 26.0 Å². The average molecular weight is 358 g/mol. The van der Waals surface area contributed by atoms with Gasteiger partial charge in [0, 0.05) is 17.2 Å². The molecule has 0 saturated carbocycles. The summed E-state index contributed by atoms with van der Waals surface area (Å²) in [6.07, 6.45) is 3.06. The summed E-state index contributed by atoms with van der Waals surface area (Å²) in [4.78, 5) is 18.7. The van der Waals surface area contributed by atoms with Gasteiger partial charge in [0.1, 0.15) is 11.4 Å². The number of aromatic nitrogens is 3. The fourth-order valence-electron chi connectivity index (χ4n) is 1.72. The first kappa shape index (κ1) is 15.2. The van der Waals surface area contributed by atoms with Crippen molar-refractivity contribution in [2.45, 2.75) is 6.54 Å². The largest absolute Gasteiger partial charge is 0.308 e. The minimum Gasteiger partial charge on any atom is -0.308 e. The van der Waals surface area contributed by atoms with Gasteiger partial charge in [0.15, 0.2) is 0 Å². The summed E-state index contributed by atoms with van der Waals surface area (Å²) in [6, 6.07) is 3.53. The molecular weight excluding hydrogens is 344 g/mol. The molecule has 2 aromatic rings. The van der Waals surface area contributed by atoms with Gasteiger partial charge in [-0.25, -0.2) is 0 Å². The second-order valence-electron chi connectivity index (χ2n) is 4.53. The standard InChI is InChI=1S/C13H14BrClN4O/c1-18(2)6-7-19-12(10(15)8-17-19)13(20)11-9(14)4-3-5-16-11/h3-5,8H,6-7H2,1-2H3. The van der Waals surface area contributed by atoms with Crippen molar-refractivity contribution in [2.24, 2.45) is 0 Å². The first-order chi connectivity index (χ1) is 9.50. The molecule has 0 fully saturated rings. The Bertz CT molecular complexity index is 627. The molecule has 2 aromatic heterocycles. The summed E-state index contributed by atoms with van der Waals surface area (Å²) >= 11 is 9.43. The zero-order valence-electron chi connectivity index (χ0n) is 11.2. The van der Waals surface area contributed by atoms with Gasteiger partial charge < -0.3 is 4.90 Å². The number of likely N-dealkylation sites (N-methyl/N-ethyl adjacent to an activating group) is 1. The van der Waals surface area contributed by atoms with Gasteiger partial charge in [-0.15, -0.1) is 0 Å². The number of rotatable bonds is 5. The molecule has 0 spiro atoms. The van der Waals surface area contributed by atoms with Gasteiger partial charge in [-0.1, -0.05) is 11.6 Å². The zero-order valence-corrected chi connectivity index (χ0v) is 13.5. The molecule has 0 aromatic carbocycles. The Kier molecular flexibility index (Phi) is 4.91. The van der Waals surface area contributed by atoms with Crippen LogP contribution in [0.4, 0.5) is 0 Å². The zero-order chi connectivity index (χ0) is 14.7. The van der Waals surface area contributed by atoms with E-state index in [1.54, 1.807) is 23.0 Å². The van der Waals surface area contributed by atoms with Crippen LogP contribution in [0.15, 0.2) is 29.0 Å². The Morgan fingerprint density at radius 3 is 2.90 bits per heavy atom. The highest BCUT2D eigenvalue weighted by atomic mass is 79.9. The highest BCUT2D eigenvalue weighted by molar-refractivity contribution is 9.10. The lowest BCUT2D eigenvalue weighted by atomic mass is 10.2. The van der Waals surface area contributed by atoms with Crippen LogP contribution < -0.4 is 0 Å². The molecule has 0 bridgehead atoms. The van der Waals surface area contributed by atoms with Crippen LogP contribution >= 0.6 is 27.5 Å². The molecule has 0 aliphatic carbocycles. The van der Waals surface area contributed by atoms with Crippen molar-refractivity contribution in [3.63, 3.8) is 0 Å². The van der Waals surface area contributed by atoms with Crippen molar-refractivity contribution in [3.8, 4) is 0 Å². The van der Waals surface area contributed by atoms with Crippen LogP contribution in [-0.2, 0) is 6.54 Å². The highest BCUT2D eigenvalue weighted by Crippen LogP contribution is 2.22. The predicted molar refractivity (Wildman–Crippen MR) is 81.2 cm³/mol. The molecule has 0 amide bonds. The Balaban J connectivity index is 2.35. The number of hydrogen-bond donors (Lipinski definition) is 0. The maximum absolute atomic E-state index is 12.6. The normalized spacial score (nSPS) is 11.1. The average Bonchev–Trinajstić information content (AvgIpc) is 2.77. The first-order valence-electron chi connectivity index (χ1n) is 6.02. The summed E-state index contributed by atoms with van der Waals surface area (Å²) in [5, 5.41) is 4.50. The summed E-state index contributed by atoms with van der Waals surface area (Å²) in [6.45, 7) is 1.35. The second-order valence-corrected chi connectivity index (χ2v) is 5.79. The summed E-state index contributed by atoms with van der Waals surface area (Å²) in [7, 11) is 3.92. The molecule has 0 radical (unpaired) electrons. The van der Waals surface area contributed by atoms with Crippen molar-refractivity contribution in [1.29, 1.82) is 0 Å². The summed E-state index contributed by atoms with van der Waals surface area (Å²) < 4.78 is 2.26. The summed E-state index contributed by atoms with van der Waals surface area (Å²) in [5.74, 6) is -0.237. The number of pyridine rings is 1. The van der Waals surface area contributed by atoms with E-state index in [1.807, 2.05) is 19.0 Å². The molecule has 0 saturated heterocycles. The van der Waals surface area contributed by atoms with E-state index in [1.165, 1.54) is 6.20 Å². The van der Waals surface area contributed by atoms with Crippen LogP contribution in [0, 0.1) is 0 Å². The van der Waals surface area contributed by atoms with E-state index < -0.39 is 0 Å². The molecule has 2 heterocycles. The number of halogens is 2. The third-order valence-electron chi connectivity index (χ3n) is 2.74. The molecule has 0 atom stereocenters. The van der Waals surface area contributed by atoms with Crippen LogP contribution in [0.3, 0.4) is 0 Å². The third kappa shape index (κ3) is 3.26. The SMILES string of the molecule is CN(C)CCn1ncc(Cl)c1C(=O)c1ncccc1Br. The van der Waals surface area contributed by atoms with Gasteiger partial charge in [0.25, 0.3) is 0 Å². The Morgan fingerprint density at radius 1 is 1.50 bits per heavy atom. The fourth-order valence-corrected chi connectivity index (χ4v) is 2.38. The maximum atomic E-state index is 12.6. The van der Waals surface area contributed by atoms with E-state index in [-0.39, 0.29) is 5.78 Å². The van der Waals surface area contributed by atoms with Crippen LogP contribution in [-0.4, -0.2) is 46.1 Å². The van der Waals surface area contributed by atoms with Crippen LogP contribution in [0.2, 0.25) is 5.02 Å². The summed E-state index contributed by atoms with van der Waals surface area (Å²) in [5.41, 5.74) is 0.703. The number of ketones is 1. The van der Waals surface area contributed by atoms with Gasteiger partial charge in [-0.05, 0) is 42.2 Å². The van der Waals surface area contributed by atoms with E-state index in [9.17, 15) is 4.79 Å². The lowest BCUT2D eigenvalue weighted by Crippen LogP contribution is -2.22. The first-order valence-corrected chi connectivity index (χ1v) is 7.19. The molecule has 0 unspecified atom stereocenters. The lowest BCUT2D eigenvalue weighted by Gasteiger charge is -2.11. The monoisotopic (exact) mass is 356 g/mol. The lowest BCUT2D eigenvalue weighted by molar-refractivity contribution is 0.102. The quantitative estimate of drug-likeness (QED) is 0.772. The Hall–Kier alpha value is -1.24. The van der Waals surface area contributed by atoms with E-state index in [0.29, 0.717) is 27.4 Å². The van der Waals surface area contributed by atoms with Crippen molar-refractivity contribution >= 4 is 33.3 Å². The van der Waals surface area contributed by atoms with Crippen LogP contribution in [0.25, 0.3) is 0 Å². The van der Waals surface area contributed by atoms with Crippen molar-refractivity contribution in [1.82, 2.24) is 19.7 Å². The third-order valence-corrected chi connectivity index (χ3v) is 3.66. The van der Waals surface area contributed by atoms with Crippen molar-refractivity contribution < 1.29 is 4.79 Å². The number of carbonyl (C=O) groups excluding carboxylic acids is 1. The molecule has 0 N–H and O–H groups in total. The molecule has 20 heavy (non-hydrogen) atoms. The van der Waals surface area contributed by atoms with E-state index >= 15 is 0 Å². The molecule has 2 rings (SSSR count). The molecule has 0 aliphatic heterocycles. The molecular formula is C13H14BrClN4O. The second kappa shape index (κ2) is 6.47. The Labute approximate surface area is 130 Å². The van der Waals surface area contributed by atoms with Gasteiger partial charge in [-0.3, -0.25) is 14.5 Å². The van der Waals surface area contributed by atoms with Crippen LogP contribution in [0.5, 0.6) is 0 Å². The molecule has 7 heteroatoms. The minimum absolute atomic E-state index is 0.237. The number of hydrogen-bond acceptors (Lipinski definition) is 4. The smallest absolute Gasteiger partial charge is 0.232 e. The van der Waals surface area contributed by atoms with Crippen molar-refractivity contribution in [2.75, 3.05) is 20.6 Å². The van der Waals surface area contributed by atoms with Gasteiger partial charge >= 0.3 is 0 Å². The highest BCUT2D eigenvalue weighted by Gasteiger charge is 2.22. The van der Waals surface area contributed by atoms with Crippen LogP contribution in [0.1, 0.15) is 16.2 Å². The minimum atomic E-state index is -0.237.